The smallest absolute Gasteiger partial charge is 0.277 e. The van der Waals surface area contributed by atoms with E-state index in [2.05, 4.69) is 5.10 Å². The van der Waals surface area contributed by atoms with Crippen LogP contribution in [0.5, 0.6) is 0 Å². The Kier molecular flexibility index (Phi) is 4.58. The Morgan fingerprint density at radius 3 is 2.60 bits per heavy atom. The van der Waals surface area contributed by atoms with Gasteiger partial charge >= 0.3 is 0 Å². The average Bonchev–Trinajstić information content (AvgIpc) is 3.27. The fourth-order valence-electron chi connectivity index (χ4n) is 4.21. The van der Waals surface area contributed by atoms with E-state index in [1.165, 1.54) is 12.1 Å². The van der Waals surface area contributed by atoms with Crippen molar-refractivity contribution in [2.45, 2.75) is 25.8 Å². The number of aromatic nitrogens is 3. The fraction of sp³-hybridized carbons (Fsp3) is 0.261. The normalized spacial score (nSPS) is 14.5. The number of nitrogens with zero attached hydrogens (tertiary/aromatic N) is 4. The van der Waals surface area contributed by atoms with Gasteiger partial charge in [-0.3, -0.25) is 9.59 Å². The number of hydrogen-bond donors (Lipinski definition) is 0. The Bertz CT molecular complexity index is 1320. The number of piperidine rings is 1. The second-order valence-corrected chi connectivity index (χ2v) is 7.71. The van der Waals surface area contributed by atoms with Gasteiger partial charge < -0.3 is 9.47 Å². The van der Waals surface area contributed by atoms with Crippen LogP contribution in [0.2, 0.25) is 0 Å². The summed E-state index contributed by atoms with van der Waals surface area (Å²) in [6, 6.07) is 13.2. The number of hydrogen-bond acceptors (Lipinski definition) is 3. The van der Waals surface area contributed by atoms with Gasteiger partial charge in [-0.25, -0.2) is 8.91 Å². The van der Waals surface area contributed by atoms with E-state index in [1.54, 1.807) is 45.6 Å². The molecule has 0 saturated carbocycles. The molecule has 7 heteroatoms. The van der Waals surface area contributed by atoms with E-state index < -0.39 is 0 Å². The molecule has 0 radical (unpaired) electrons. The molecule has 1 aliphatic heterocycles. The maximum atomic E-state index is 13.7. The van der Waals surface area contributed by atoms with Crippen molar-refractivity contribution in [3.8, 4) is 0 Å². The summed E-state index contributed by atoms with van der Waals surface area (Å²) in [6.07, 6.45) is 4.75. The third kappa shape index (κ3) is 3.16. The first-order valence-corrected chi connectivity index (χ1v) is 10.2. The van der Waals surface area contributed by atoms with E-state index in [9.17, 15) is 14.0 Å². The second kappa shape index (κ2) is 7.40. The summed E-state index contributed by atoms with van der Waals surface area (Å²) < 4.78 is 16.9. The minimum absolute atomic E-state index is 0.0260. The quantitative estimate of drug-likeness (QED) is 0.525. The third-order valence-electron chi connectivity index (χ3n) is 5.72. The van der Waals surface area contributed by atoms with Crippen molar-refractivity contribution in [3.63, 3.8) is 0 Å². The molecule has 0 bridgehead atoms. The zero-order valence-corrected chi connectivity index (χ0v) is 16.4. The summed E-state index contributed by atoms with van der Waals surface area (Å²) in [5.74, 6) is -0.377. The zero-order valence-electron chi connectivity index (χ0n) is 16.4. The van der Waals surface area contributed by atoms with Crippen molar-refractivity contribution in [1.29, 1.82) is 0 Å². The van der Waals surface area contributed by atoms with Gasteiger partial charge in [0.1, 0.15) is 11.3 Å². The number of carbonyl (C=O) groups is 1. The number of amides is 1. The molecule has 4 aromatic rings. The molecule has 1 saturated heterocycles. The van der Waals surface area contributed by atoms with Gasteiger partial charge in [0, 0.05) is 18.7 Å². The van der Waals surface area contributed by atoms with Gasteiger partial charge in [-0.15, -0.1) is 0 Å². The molecule has 0 N–H and O–H groups in total. The summed E-state index contributed by atoms with van der Waals surface area (Å²) in [5.41, 5.74) is 2.75. The van der Waals surface area contributed by atoms with Gasteiger partial charge in [0.15, 0.2) is 0 Å². The molecule has 0 aliphatic carbocycles. The van der Waals surface area contributed by atoms with E-state index in [-0.39, 0.29) is 23.8 Å². The molecule has 0 unspecified atom stereocenters. The van der Waals surface area contributed by atoms with Gasteiger partial charge in [-0.2, -0.15) is 5.10 Å². The van der Waals surface area contributed by atoms with Crippen LogP contribution in [-0.2, 0) is 6.54 Å². The molecular formula is C23H21FN4O2. The average molecular weight is 404 g/mol. The monoisotopic (exact) mass is 404 g/mol. The van der Waals surface area contributed by atoms with Gasteiger partial charge in [0.05, 0.1) is 23.8 Å². The van der Waals surface area contributed by atoms with Crippen molar-refractivity contribution in [2.24, 2.45) is 0 Å². The molecule has 30 heavy (non-hydrogen) atoms. The number of benzene rings is 2. The first kappa shape index (κ1) is 18.5. The van der Waals surface area contributed by atoms with Crippen LogP contribution in [0.4, 0.5) is 4.39 Å². The minimum Gasteiger partial charge on any atom is -0.339 e. The Morgan fingerprint density at radius 1 is 0.967 bits per heavy atom. The molecule has 152 valence electrons. The lowest BCUT2D eigenvalue weighted by Gasteiger charge is -2.27. The molecule has 0 spiro atoms. The highest BCUT2D eigenvalue weighted by Gasteiger charge is 2.20. The zero-order chi connectivity index (χ0) is 20.7. The molecule has 2 aromatic heterocycles. The van der Waals surface area contributed by atoms with E-state index >= 15 is 0 Å². The highest BCUT2D eigenvalue weighted by Crippen LogP contribution is 2.20. The molecule has 0 atom stereocenters. The van der Waals surface area contributed by atoms with E-state index in [4.69, 9.17) is 0 Å². The molecule has 1 fully saturated rings. The highest BCUT2D eigenvalue weighted by atomic mass is 19.1. The van der Waals surface area contributed by atoms with Crippen LogP contribution in [0.3, 0.4) is 0 Å². The van der Waals surface area contributed by atoms with Gasteiger partial charge in [-0.1, -0.05) is 12.1 Å². The fourth-order valence-corrected chi connectivity index (χ4v) is 4.21. The molecule has 5 rings (SSSR count). The summed E-state index contributed by atoms with van der Waals surface area (Å²) in [5, 5.41) is 4.28. The Morgan fingerprint density at radius 2 is 1.80 bits per heavy atom. The van der Waals surface area contributed by atoms with Crippen LogP contribution in [0.25, 0.3) is 16.6 Å². The number of likely N-dealkylation sites (tertiary alicyclic amines) is 1. The Labute approximate surface area is 172 Å². The predicted octanol–water partition coefficient (Wildman–Crippen LogP) is 3.46. The molecule has 6 nitrogen and oxygen atoms in total. The number of rotatable bonds is 3. The number of halogens is 1. The Balaban J connectivity index is 1.68. The van der Waals surface area contributed by atoms with Gasteiger partial charge in [-0.05, 0) is 61.2 Å². The number of carbonyl (C=O) groups excluding carboxylic acids is 1. The maximum Gasteiger partial charge on any atom is 0.277 e. The van der Waals surface area contributed by atoms with Crippen molar-refractivity contribution in [2.75, 3.05) is 13.1 Å². The van der Waals surface area contributed by atoms with Crippen molar-refractivity contribution < 1.29 is 9.18 Å². The predicted molar refractivity (Wildman–Crippen MR) is 112 cm³/mol. The minimum atomic E-state index is -0.351. The SMILES string of the molecule is O=C(c1ccc2c(c1)n(Cc1cccc(F)c1)c(=O)c1ccnn12)N1CCCCC1. The van der Waals surface area contributed by atoms with E-state index in [1.807, 2.05) is 11.0 Å². The van der Waals surface area contributed by atoms with E-state index in [0.29, 0.717) is 22.2 Å². The topological polar surface area (TPSA) is 59.6 Å². The summed E-state index contributed by atoms with van der Waals surface area (Å²) in [4.78, 5) is 28.1. The maximum absolute atomic E-state index is 13.7. The lowest BCUT2D eigenvalue weighted by atomic mass is 10.1. The first-order chi connectivity index (χ1) is 14.6. The molecule has 1 aliphatic rings. The standard InChI is InChI=1S/C23H21FN4O2/c24-18-6-4-5-16(13-18)15-27-21-14-17(22(29)26-11-2-1-3-12-26)7-8-19(21)28-20(23(27)30)9-10-25-28/h4-10,13-14H,1-3,11-12,15H2. The highest BCUT2D eigenvalue weighted by molar-refractivity contribution is 5.97. The summed E-state index contributed by atoms with van der Waals surface area (Å²) in [7, 11) is 0. The van der Waals surface area contributed by atoms with Gasteiger partial charge in [0.2, 0.25) is 0 Å². The molecular weight excluding hydrogens is 383 g/mol. The summed E-state index contributed by atoms with van der Waals surface area (Å²) >= 11 is 0. The van der Waals surface area contributed by atoms with Crippen molar-refractivity contribution in [1.82, 2.24) is 19.1 Å². The third-order valence-corrected chi connectivity index (χ3v) is 5.72. The number of fused-ring (bicyclic) bond motifs is 3. The Hall–Kier alpha value is -3.48. The van der Waals surface area contributed by atoms with E-state index in [0.717, 1.165) is 37.9 Å². The first-order valence-electron chi connectivity index (χ1n) is 10.2. The van der Waals surface area contributed by atoms with Crippen LogP contribution >= 0.6 is 0 Å². The van der Waals surface area contributed by atoms with Crippen LogP contribution < -0.4 is 5.56 Å². The summed E-state index contributed by atoms with van der Waals surface area (Å²) in [6.45, 7) is 1.71. The molecule has 3 heterocycles. The lowest BCUT2D eigenvalue weighted by molar-refractivity contribution is 0.0724. The van der Waals surface area contributed by atoms with Crippen LogP contribution in [0.1, 0.15) is 35.2 Å². The largest absolute Gasteiger partial charge is 0.339 e. The van der Waals surface area contributed by atoms with Gasteiger partial charge in [0.25, 0.3) is 11.5 Å². The lowest BCUT2D eigenvalue weighted by Crippen LogP contribution is -2.35. The van der Waals surface area contributed by atoms with Crippen LogP contribution in [-0.4, -0.2) is 38.1 Å². The van der Waals surface area contributed by atoms with Crippen LogP contribution in [0.15, 0.2) is 59.5 Å². The van der Waals surface area contributed by atoms with Crippen molar-refractivity contribution in [3.05, 3.63) is 82.0 Å². The molecule has 2 aromatic carbocycles. The molecule has 1 amide bonds. The second-order valence-electron chi connectivity index (χ2n) is 7.71. The van der Waals surface area contributed by atoms with Crippen LogP contribution in [0, 0.1) is 5.82 Å². The van der Waals surface area contributed by atoms with Crippen molar-refractivity contribution >= 4 is 22.5 Å².